The second-order valence-corrected chi connectivity index (χ2v) is 6.68. The Morgan fingerprint density at radius 3 is 2.67 bits per heavy atom. The van der Waals surface area contributed by atoms with Gasteiger partial charge < -0.3 is 15.2 Å². The van der Waals surface area contributed by atoms with Crippen LogP contribution in [0.2, 0.25) is 0 Å². The molecule has 2 aromatic rings. The molecule has 1 heterocycles. The van der Waals surface area contributed by atoms with Crippen molar-refractivity contribution in [2.24, 2.45) is 4.99 Å². The van der Waals surface area contributed by atoms with Crippen LogP contribution in [0.1, 0.15) is 36.6 Å². The Morgan fingerprint density at radius 2 is 2.00 bits per heavy atom. The van der Waals surface area contributed by atoms with E-state index in [2.05, 4.69) is 10.3 Å². The third kappa shape index (κ3) is 3.46. The average Bonchev–Trinajstić information content (AvgIpc) is 2.64. The highest BCUT2D eigenvalue weighted by molar-refractivity contribution is 5.99. The van der Waals surface area contributed by atoms with Crippen LogP contribution >= 0.6 is 0 Å². The van der Waals surface area contributed by atoms with Crippen LogP contribution in [-0.2, 0) is 0 Å². The molecule has 0 saturated heterocycles. The van der Waals surface area contributed by atoms with Crippen LogP contribution in [0.4, 0.5) is 4.39 Å². The predicted molar refractivity (Wildman–Crippen MR) is 96.3 cm³/mol. The number of rotatable bonds is 2. The molecule has 0 bridgehead atoms. The number of benzene rings is 2. The zero-order valence-corrected chi connectivity index (χ0v) is 14.8. The number of fused-ring (bicyclic) bond motifs is 1. The van der Waals surface area contributed by atoms with E-state index in [0.29, 0.717) is 16.9 Å². The summed E-state index contributed by atoms with van der Waals surface area (Å²) in [5.41, 5.74) is 0.0725. The van der Waals surface area contributed by atoms with Crippen LogP contribution in [0.25, 0.3) is 0 Å². The summed E-state index contributed by atoms with van der Waals surface area (Å²) in [6.07, 6.45) is 0.612. The lowest BCUT2D eigenvalue weighted by atomic mass is 9.85. The molecule has 1 aliphatic rings. The molecule has 2 atom stereocenters. The summed E-state index contributed by atoms with van der Waals surface area (Å²) in [4.78, 5) is 3.70. The standard InChI is InChI=1S/C20H17FN4O2/c1-20(2)18(26)17(14-9-12(10-22)7-8-16(14)27-20)25-19(24-11-23)13-5-3-4-6-15(13)21/h3-9,17-18,26H,1-2H3,(H,24,25)/t17-,18+/m0/s1. The highest BCUT2D eigenvalue weighted by atomic mass is 19.1. The van der Waals surface area contributed by atoms with Gasteiger partial charge in [-0.15, -0.1) is 0 Å². The molecular weight excluding hydrogens is 347 g/mol. The van der Waals surface area contributed by atoms with Crippen LogP contribution in [-0.4, -0.2) is 22.6 Å². The van der Waals surface area contributed by atoms with E-state index < -0.39 is 23.6 Å². The van der Waals surface area contributed by atoms with Gasteiger partial charge in [-0.2, -0.15) is 15.5 Å². The third-order valence-electron chi connectivity index (χ3n) is 4.46. The molecule has 0 fully saturated rings. The van der Waals surface area contributed by atoms with E-state index in [4.69, 9.17) is 10.00 Å². The molecule has 2 N–H and O–H groups in total. The quantitative estimate of drug-likeness (QED) is 0.485. The molecule has 6 nitrogen and oxygen atoms in total. The lowest BCUT2D eigenvalue weighted by Crippen LogP contribution is -2.53. The lowest BCUT2D eigenvalue weighted by Gasteiger charge is -2.42. The van der Waals surface area contributed by atoms with Gasteiger partial charge in [-0.3, -0.25) is 0 Å². The Labute approximate surface area is 156 Å². The molecule has 0 radical (unpaired) electrons. The zero-order valence-electron chi connectivity index (χ0n) is 14.8. The SMILES string of the molecule is CC1(C)Oc2ccc(C#N)cc2[C@H](NC(=NC#N)c2ccccc2F)[C@H]1O. The molecule has 0 spiro atoms. The van der Waals surface area contributed by atoms with Crippen molar-refractivity contribution >= 4 is 5.84 Å². The van der Waals surface area contributed by atoms with Gasteiger partial charge in [-0.05, 0) is 44.2 Å². The summed E-state index contributed by atoms with van der Waals surface area (Å²) >= 11 is 0. The number of hydrogen-bond donors (Lipinski definition) is 2. The van der Waals surface area contributed by atoms with Crippen LogP contribution in [0.15, 0.2) is 47.5 Å². The molecular formula is C20H17FN4O2. The first kappa shape index (κ1) is 18.4. The summed E-state index contributed by atoms with van der Waals surface area (Å²) < 4.78 is 20.1. The molecule has 3 rings (SSSR count). The molecule has 0 aromatic heterocycles. The van der Waals surface area contributed by atoms with Crippen molar-refractivity contribution in [2.45, 2.75) is 31.6 Å². The van der Waals surface area contributed by atoms with Gasteiger partial charge in [0.15, 0.2) is 0 Å². The van der Waals surface area contributed by atoms with E-state index in [9.17, 15) is 14.8 Å². The van der Waals surface area contributed by atoms with Gasteiger partial charge in [-0.25, -0.2) is 4.39 Å². The number of hydrogen-bond acceptors (Lipinski definition) is 5. The van der Waals surface area contributed by atoms with Gasteiger partial charge in [0.05, 0.1) is 23.2 Å². The Bertz CT molecular complexity index is 988. The number of nitrogens with zero attached hydrogens (tertiary/aromatic N) is 3. The number of amidine groups is 1. The van der Waals surface area contributed by atoms with Gasteiger partial charge in [0.1, 0.15) is 29.1 Å². The largest absolute Gasteiger partial charge is 0.485 e. The van der Waals surface area contributed by atoms with E-state index >= 15 is 0 Å². The third-order valence-corrected chi connectivity index (χ3v) is 4.46. The molecule has 0 unspecified atom stereocenters. The number of nitriles is 2. The maximum Gasteiger partial charge on any atom is 0.207 e. The molecule has 7 heteroatoms. The average molecular weight is 364 g/mol. The van der Waals surface area contributed by atoms with Gasteiger partial charge >= 0.3 is 0 Å². The van der Waals surface area contributed by atoms with E-state index in [-0.39, 0.29) is 11.4 Å². The highest BCUT2D eigenvalue weighted by Gasteiger charge is 2.43. The van der Waals surface area contributed by atoms with Crippen molar-refractivity contribution in [2.75, 3.05) is 0 Å². The molecule has 27 heavy (non-hydrogen) atoms. The van der Waals surface area contributed by atoms with Gasteiger partial charge in [0, 0.05) is 5.56 Å². The van der Waals surface area contributed by atoms with Crippen molar-refractivity contribution in [3.8, 4) is 18.0 Å². The zero-order chi connectivity index (χ0) is 19.6. The minimum Gasteiger partial charge on any atom is -0.485 e. The summed E-state index contributed by atoms with van der Waals surface area (Å²) in [6, 6.07) is 12.1. The van der Waals surface area contributed by atoms with Crippen LogP contribution in [0, 0.1) is 28.6 Å². The van der Waals surface area contributed by atoms with Gasteiger partial charge in [0.25, 0.3) is 0 Å². The van der Waals surface area contributed by atoms with Crippen molar-refractivity contribution in [3.63, 3.8) is 0 Å². The maximum absolute atomic E-state index is 14.2. The highest BCUT2D eigenvalue weighted by Crippen LogP contribution is 2.40. The fraction of sp³-hybridized carbons (Fsp3) is 0.250. The molecule has 2 aromatic carbocycles. The molecule has 0 aliphatic carbocycles. The van der Waals surface area contributed by atoms with E-state index in [1.54, 1.807) is 44.3 Å². The first-order valence-electron chi connectivity index (χ1n) is 8.26. The van der Waals surface area contributed by atoms with Crippen molar-refractivity contribution < 1.29 is 14.2 Å². The minimum absolute atomic E-state index is 0.00865. The van der Waals surface area contributed by atoms with Crippen LogP contribution in [0.5, 0.6) is 5.75 Å². The van der Waals surface area contributed by atoms with E-state index in [0.717, 1.165) is 0 Å². The number of aliphatic hydroxyl groups excluding tert-OH is 1. The second-order valence-electron chi connectivity index (χ2n) is 6.68. The first-order valence-corrected chi connectivity index (χ1v) is 8.26. The van der Waals surface area contributed by atoms with Gasteiger partial charge in [-0.1, -0.05) is 12.1 Å². The second kappa shape index (κ2) is 7.06. The fourth-order valence-electron chi connectivity index (χ4n) is 3.05. The summed E-state index contributed by atoms with van der Waals surface area (Å²) in [5, 5.41) is 32.0. The smallest absolute Gasteiger partial charge is 0.207 e. The van der Waals surface area contributed by atoms with E-state index in [1.807, 2.05) is 6.07 Å². The molecule has 0 saturated carbocycles. The number of halogens is 1. The Morgan fingerprint density at radius 1 is 1.26 bits per heavy atom. The minimum atomic E-state index is -1.05. The first-order chi connectivity index (χ1) is 12.9. The fourth-order valence-corrected chi connectivity index (χ4v) is 3.05. The molecule has 1 aliphatic heterocycles. The number of ether oxygens (including phenoxy) is 1. The van der Waals surface area contributed by atoms with Crippen LogP contribution in [0.3, 0.4) is 0 Å². The Kier molecular flexibility index (Phi) is 4.81. The number of nitrogens with one attached hydrogen (secondary N) is 1. The van der Waals surface area contributed by atoms with Crippen molar-refractivity contribution in [1.29, 1.82) is 10.5 Å². The van der Waals surface area contributed by atoms with Crippen LogP contribution < -0.4 is 10.1 Å². The van der Waals surface area contributed by atoms with E-state index in [1.165, 1.54) is 18.2 Å². The topological polar surface area (TPSA) is 101 Å². The normalized spacial score (nSPS) is 20.6. The molecule has 0 amide bonds. The Balaban J connectivity index is 2.09. The predicted octanol–water partition coefficient (Wildman–Crippen LogP) is 2.79. The van der Waals surface area contributed by atoms with Crippen molar-refractivity contribution in [1.82, 2.24) is 5.32 Å². The van der Waals surface area contributed by atoms with Crippen molar-refractivity contribution in [3.05, 3.63) is 65.0 Å². The summed E-state index contributed by atoms with van der Waals surface area (Å²) in [7, 11) is 0. The van der Waals surface area contributed by atoms with Gasteiger partial charge in [0.2, 0.25) is 6.19 Å². The number of aliphatic imine (C=N–C) groups is 1. The lowest BCUT2D eigenvalue weighted by molar-refractivity contribution is -0.0610. The molecule has 136 valence electrons. The Hall–Kier alpha value is -3.42. The number of aliphatic hydroxyl groups is 1. The maximum atomic E-state index is 14.2. The summed E-state index contributed by atoms with van der Waals surface area (Å²) in [5.74, 6) is -0.0666. The summed E-state index contributed by atoms with van der Waals surface area (Å²) in [6.45, 7) is 3.44. The monoisotopic (exact) mass is 364 g/mol.